The summed E-state index contributed by atoms with van der Waals surface area (Å²) >= 11 is 0. The first-order valence-corrected chi connectivity index (χ1v) is 7.57. The Morgan fingerprint density at radius 3 is 2.88 bits per heavy atom. The van der Waals surface area contributed by atoms with Crippen LogP contribution in [0.5, 0.6) is 5.75 Å². The van der Waals surface area contributed by atoms with E-state index in [1.165, 1.54) is 4.90 Å². The first-order chi connectivity index (χ1) is 11.1. The van der Waals surface area contributed by atoms with Gasteiger partial charge in [-0.15, -0.1) is 12.4 Å². The van der Waals surface area contributed by atoms with Gasteiger partial charge in [-0.05, 0) is 17.7 Å². The van der Waals surface area contributed by atoms with E-state index in [9.17, 15) is 9.59 Å². The first kappa shape index (κ1) is 20.2. The predicted octanol–water partition coefficient (Wildman–Crippen LogP) is 0.180. The average molecular weight is 358 g/mol. The summed E-state index contributed by atoms with van der Waals surface area (Å²) in [5, 5.41) is 5.97. The van der Waals surface area contributed by atoms with Crippen LogP contribution in [0, 0.1) is 0 Å². The van der Waals surface area contributed by atoms with Crippen molar-refractivity contribution in [2.24, 2.45) is 0 Å². The summed E-state index contributed by atoms with van der Waals surface area (Å²) in [6.45, 7) is 2.10. The molecule has 24 heavy (non-hydrogen) atoms. The van der Waals surface area contributed by atoms with Crippen molar-refractivity contribution in [1.82, 2.24) is 15.5 Å². The molecule has 1 saturated heterocycles. The summed E-state index contributed by atoms with van der Waals surface area (Å²) in [6.07, 6.45) is 0. The van der Waals surface area contributed by atoms with Crippen molar-refractivity contribution in [2.45, 2.75) is 12.6 Å². The van der Waals surface area contributed by atoms with Gasteiger partial charge < -0.3 is 25.0 Å². The van der Waals surface area contributed by atoms with Gasteiger partial charge in [0.2, 0.25) is 5.91 Å². The van der Waals surface area contributed by atoms with Crippen LogP contribution in [0.25, 0.3) is 0 Å². The molecule has 1 aliphatic rings. The lowest BCUT2D eigenvalue weighted by Crippen LogP contribution is -2.51. The topological polar surface area (TPSA) is 79.9 Å². The molecule has 0 bridgehead atoms. The smallest absolute Gasteiger partial charge is 0.259 e. The normalized spacial score (nSPS) is 16.7. The first-order valence-electron chi connectivity index (χ1n) is 7.57. The van der Waals surface area contributed by atoms with E-state index >= 15 is 0 Å². The van der Waals surface area contributed by atoms with E-state index in [2.05, 4.69) is 10.6 Å². The molecule has 1 aromatic carbocycles. The fourth-order valence-electron chi connectivity index (χ4n) is 2.07. The molecule has 2 N–H and O–H groups in total. The Bertz CT molecular complexity index is 548. The van der Waals surface area contributed by atoms with Gasteiger partial charge >= 0.3 is 0 Å². The third kappa shape index (κ3) is 6.35. The molecule has 1 fully saturated rings. The Balaban J connectivity index is 0.00000288. The molecule has 0 saturated carbocycles. The molecular weight excluding hydrogens is 334 g/mol. The van der Waals surface area contributed by atoms with E-state index in [0.717, 1.165) is 5.56 Å². The lowest BCUT2D eigenvalue weighted by Gasteiger charge is -2.22. The molecule has 1 aliphatic heterocycles. The average Bonchev–Trinajstić information content (AvgIpc) is 2.58. The minimum absolute atomic E-state index is 0. The van der Waals surface area contributed by atoms with Gasteiger partial charge in [0.25, 0.3) is 5.91 Å². The van der Waals surface area contributed by atoms with E-state index in [1.54, 1.807) is 20.2 Å². The van der Waals surface area contributed by atoms with Gasteiger partial charge in [0, 0.05) is 27.2 Å². The zero-order valence-corrected chi connectivity index (χ0v) is 14.7. The van der Waals surface area contributed by atoms with Crippen molar-refractivity contribution < 1.29 is 19.1 Å². The van der Waals surface area contributed by atoms with E-state index in [0.29, 0.717) is 32.1 Å². The summed E-state index contributed by atoms with van der Waals surface area (Å²) in [5.74, 6) is 0.414. The highest BCUT2D eigenvalue weighted by molar-refractivity contribution is 5.85. The summed E-state index contributed by atoms with van der Waals surface area (Å²) in [5.41, 5.74) is 0.907. The second kappa shape index (κ2) is 10.1. The van der Waals surface area contributed by atoms with Crippen LogP contribution in [0.4, 0.5) is 0 Å². The lowest BCUT2D eigenvalue weighted by molar-refractivity contribution is -0.130. The quantitative estimate of drug-likeness (QED) is 0.759. The van der Waals surface area contributed by atoms with Gasteiger partial charge in [-0.3, -0.25) is 9.59 Å². The molecule has 7 nitrogen and oxygen atoms in total. The maximum atomic E-state index is 12.0. The van der Waals surface area contributed by atoms with Gasteiger partial charge in [0.1, 0.15) is 11.8 Å². The van der Waals surface area contributed by atoms with Crippen LogP contribution in [0.3, 0.4) is 0 Å². The predicted molar refractivity (Wildman–Crippen MR) is 92.3 cm³/mol. The molecule has 8 heteroatoms. The molecule has 0 aromatic heterocycles. The zero-order chi connectivity index (χ0) is 16.7. The maximum absolute atomic E-state index is 12.0. The molecule has 1 unspecified atom stereocenters. The Morgan fingerprint density at radius 1 is 1.42 bits per heavy atom. The van der Waals surface area contributed by atoms with Crippen LogP contribution in [-0.2, 0) is 20.9 Å². The SMILES string of the molecule is CN(C)C(=O)COc1cccc(CNC(=O)C2COCCN2)c1.Cl. The van der Waals surface area contributed by atoms with Crippen LogP contribution in [-0.4, -0.2) is 63.2 Å². The largest absolute Gasteiger partial charge is 0.484 e. The van der Waals surface area contributed by atoms with Gasteiger partial charge in [-0.2, -0.15) is 0 Å². The van der Waals surface area contributed by atoms with Crippen LogP contribution >= 0.6 is 12.4 Å². The van der Waals surface area contributed by atoms with Crippen LogP contribution in [0.1, 0.15) is 5.56 Å². The number of amides is 2. The van der Waals surface area contributed by atoms with Crippen molar-refractivity contribution in [3.8, 4) is 5.75 Å². The number of ether oxygens (including phenoxy) is 2. The van der Waals surface area contributed by atoms with Crippen molar-refractivity contribution in [1.29, 1.82) is 0 Å². The number of halogens is 1. The van der Waals surface area contributed by atoms with Crippen LogP contribution in [0.2, 0.25) is 0 Å². The molecule has 1 heterocycles. The maximum Gasteiger partial charge on any atom is 0.259 e. The number of hydrogen-bond donors (Lipinski definition) is 2. The monoisotopic (exact) mass is 357 g/mol. The molecule has 2 amide bonds. The fourth-order valence-corrected chi connectivity index (χ4v) is 2.07. The highest BCUT2D eigenvalue weighted by Gasteiger charge is 2.20. The van der Waals surface area contributed by atoms with Gasteiger partial charge in [-0.1, -0.05) is 12.1 Å². The molecule has 0 radical (unpaired) electrons. The number of nitrogens with one attached hydrogen (secondary N) is 2. The molecule has 1 atom stereocenters. The number of rotatable bonds is 6. The minimum Gasteiger partial charge on any atom is -0.484 e. The van der Waals surface area contributed by atoms with E-state index in [-0.39, 0.29) is 36.9 Å². The molecular formula is C16H24ClN3O4. The molecule has 2 rings (SSSR count). The number of carbonyl (C=O) groups excluding carboxylic acids is 2. The van der Waals surface area contributed by atoms with Crippen molar-refractivity contribution in [3.05, 3.63) is 29.8 Å². The fraction of sp³-hybridized carbons (Fsp3) is 0.500. The van der Waals surface area contributed by atoms with Crippen LogP contribution < -0.4 is 15.4 Å². The van der Waals surface area contributed by atoms with E-state index in [4.69, 9.17) is 9.47 Å². The molecule has 134 valence electrons. The number of benzene rings is 1. The Labute approximate surface area is 148 Å². The number of nitrogens with zero attached hydrogens (tertiary/aromatic N) is 1. The minimum atomic E-state index is -0.305. The molecule has 0 aliphatic carbocycles. The van der Waals surface area contributed by atoms with Gasteiger partial charge in [-0.25, -0.2) is 0 Å². The van der Waals surface area contributed by atoms with Crippen molar-refractivity contribution in [2.75, 3.05) is 40.5 Å². The summed E-state index contributed by atoms with van der Waals surface area (Å²) in [6, 6.07) is 7.02. The Kier molecular flexibility index (Phi) is 8.53. The third-order valence-corrected chi connectivity index (χ3v) is 3.46. The second-order valence-electron chi connectivity index (χ2n) is 5.52. The Hall–Kier alpha value is -1.83. The highest BCUT2D eigenvalue weighted by Crippen LogP contribution is 2.13. The second-order valence-corrected chi connectivity index (χ2v) is 5.52. The number of carbonyl (C=O) groups is 2. The third-order valence-electron chi connectivity index (χ3n) is 3.46. The standard InChI is InChI=1S/C16H23N3O4.ClH/c1-19(2)15(20)11-23-13-5-3-4-12(8-13)9-18-16(21)14-10-22-7-6-17-14;/h3-5,8,14,17H,6-7,9-11H2,1-2H3,(H,18,21);1H. The summed E-state index contributed by atoms with van der Waals surface area (Å²) < 4.78 is 10.7. The summed E-state index contributed by atoms with van der Waals surface area (Å²) in [4.78, 5) is 25.0. The Morgan fingerprint density at radius 2 is 2.21 bits per heavy atom. The van der Waals surface area contributed by atoms with Crippen molar-refractivity contribution >= 4 is 24.2 Å². The lowest BCUT2D eigenvalue weighted by atomic mass is 10.2. The summed E-state index contributed by atoms with van der Waals surface area (Å²) in [7, 11) is 3.36. The van der Waals surface area contributed by atoms with Crippen molar-refractivity contribution in [3.63, 3.8) is 0 Å². The molecule has 1 aromatic rings. The van der Waals surface area contributed by atoms with E-state index in [1.807, 2.05) is 18.2 Å². The van der Waals surface area contributed by atoms with E-state index < -0.39 is 0 Å². The number of likely N-dealkylation sites (N-methyl/N-ethyl adjacent to an activating group) is 1. The van der Waals surface area contributed by atoms with Crippen LogP contribution in [0.15, 0.2) is 24.3 Å². The van der Waals surface area contributed by atoms with Gasteiger partial charge in [0.15, 0.2) is 6.61 Å². The number of morpholine rings is 1. The molecule has 0 spiro atoms. The zero-order valence-electron chi connectivity index (χ0n) is 13.9. The highest BCUT2D eigenvalue weighted by atomic mass is 35.5. The van der Waals surface area contributed by atoms with Gasteiger partial charge in [0.05, 0.1) is 13.2 Å². The number of hydrogen-bond acceptors (Lipinski definition) is 5.